The number of esters is 1. The highest BCUT2D eigenvalue weighted by molar-refractivity contribution is 5.87. The molecule has 17 heavy (non-hydrogen) atoms. The highest BCUT2D eigenvalue weighted by Gasteiger charge is 2.14. The van der Waals surface area contributed by atoms with Gasteiger partial charge in [-0.3, -0.25) is 0 Å². The summed E-state index contributed by atoms with van der Waals surface area (Å²) in [5.74, 6) is 0.543. The molecule has 2 rings (SSSR count). The number of carbonyl (C=O) groups is 1. The van der Waals surface area contributed by atoms with Crippen LogP contribution in [0.2, 0.25) is 0 Å². The molecule has 0 unspecified atom stereocenters. The van der Waals surface area contributed by atoms with Crippen LogP contribution in [0.15, 0.2) is 18.2 Å². The number of rotatable bonds is 3. The number of anilines is 1. The zero-order valence-corrected chi connectivity index (χ0v) is 10.2. The number of pyridine rings is 1. The van der Waals surface area contributed by atoms with Crippen molar-refractivity contribution in [2.24, 2.45) is 0 Å². The molecule has 1 fully saturated rings. The summed E-state index contributed by atoms with van der Waals surface area (Å²) >= 11 is 0. The minimum atomic E-state index is -0.341. The summed E-state index contributed by atoms with van der Waals surface area (Å²) in [6, 6.07) is 5.52. The van der Waals surface area contributed by atoms with E-state index in [9.17, 15) is 4.79 Å². The Labute approximate surface area is 102 Å². The minimum absolute atomic E-state index is 0.341. The van der Waals surface area contributed by atoms with E-state index in [-0.39, 0.29) is 5.97 Å². The molecule has 92 valence electrons. The largest absolute Gasteiger partial charge is 0.461 e. The highest BCUT2D eigenvalue weighted by atomic mass is 16.5. The zero-order valence-electron chi connectivity index (χ0n) is 10.2. The first kappa shape index (κ1) is 11.9. The standard InChI is InChI=1S/C13H18N2O2/c1-2-17-13(16)11-7-6-8-12(14-11)15-9-4-3-5-10-15/h6-8H,2-5,9-10H2,1H3. The Morgan fingerprint density at radius 3 is 2.82 bits per heavy atom. The van der Waals surface area contributed by atoms with E-state index >= 15 is 0 Å². The quantitative estimate of drug-likeness (QED) is 0.752. The van der Waals surface area contributed by atoms with Gasteiger partial charge in [0.1, 0.15) is 5.82 Å². The van der Waals surface area contributed by atoms with E-state index in [1.54, 1.807) is 13.0 Å². The number of aromatic nitrogens is 1. The van der Waals surface area contributed by atoms with E-state index in [1.807, 2.05) is 12.1 Å². The molecule has 4 heteroatoms. The molecule has 0 atom stereocenters. The number of hydrogen-bond donors (Lipinski definition) is 0. The molecule has 0 bridgehead atoms. The van der Waals surface area contributed by atoms with E-state index in [4.69, 9.17) is 4.74 Å². The third-order valence-corrected chi connectivity index (χ3v) is 2.90. The summed E-state index contributed by atoms with van der Waals surface area (Å²) in [5, 5.41) is 0. The van der Waals surface area contributed by atoms with Gasteiger partial charge >= 0.3 is 5.97 Å². The molecule has 4 nitrogen and oxygen atoms in total. The molecule has 0 aliphatic carbocycles. The van der Waals surface area contributed by atoms with Gasteiger partial charge in [-0.2, -0.15) is 0 Å². The molecule has 0 spiro atoms. The molecule has 1 aromatic heterocycles. The maximum atomic E-state index is 11.6. The third kappa shape index (κ3) is 2.96. The second kappa shape index (κ2) is 5.66. The topological polar surface area (TPSA) is 42.4 Å². The lowest BCUT2D eigenvalue weighted by atomic mass is 10.1. The smallest absolute Gasteiger partial charge is 0.356 e. The van der Waals surface area contributed by atoms with E-state index in [2.05, 4.69) is 9.88 Å². The first-order valence-corrected chi connectivity index (χ1v) is 6.20. The fourth-order valence-electron chi connectivity index (χ4n) is 2.04. The van der Waals surface area contributed by atoms with Gasteiger partial charge in [-0.15, -0.1) is 0 Å². The molecule has 0 saturated carbocycles. The summed E-state index contributed by atoms with van der Waals surface area (Å²) < 4.78 is 4.95. The summed E-state index contributed by atoms with van der Waals surface area (Å²) in [6.45, 7) is 4.24. The van der Waals surface area contributed by atoms with Crippen molar-refractivity contribution >= 4 is 11.8 Å². The molecule has 0 aromatic carbocycles. The van der Waals surface area contributed by atoms with Gasteiger partial charge in [-0.05, 0) is 38.3 Å². The summed E-state index contributed by atoms with van der Waals surface area (Å²) in [7, 11) is 0. The zero-order chi connectivity index (χ0) is 12.1. The Morgan fingerprint density at radius 2 is 2.12 bits per heavy atom. The molecule has 0 N–H and O–H groups in total. The van der Waals surface area contributed by atoms with Crippen LogP contribution in [0.5, 0.6) is 0 Å². The summed E-state index contributed by atoms with van der Waals surface area (Å²) in [4.78, 5) is 18.2. The number of carbonyl (C=O) groups excluding carboxylic acids is 1. The molecule has 2 heterocycles. The van der Waals surface area contributed by atoms with Gasteiger partial charge in [0.15, 0.2) is 5.69 Å². The fourth-order valence-corrected chi connectivity index (χ4v) is 2.04. The molecule has 1 aromatic rings. The van der Waals surface area contributed by atoms with Crippen LogP contribution in [-0.2, 0) is 4.74 Å². The normalized spacial score (nSPS) is 15.7. The molecule has 0 amide bonds. The molecular weight excluding hydrogens is 216 g/mol. The van der Waals surface area contributed by atoms with Crippen LogP contribution in [0.4, 0.5) is 5.82 Å². The van der Waals surface area contributed by atoms with Crippen LogP contribution in [-0.4, -0.2) is 30.6 Å². The lowest BCUT2D eigenvalue weighted by molar-refractivity contribution is 0.0519. The average Bonchev–Trinajstić information content (AvgIpc) is 2.40. The van der Waals surface area contributed by atoms with Gasteiger partial charge in [0.2, 0.25) is 0 Å². The summed E-state index contributed by atoms with van der Waals surface area (Å²) in [5.41, 5.74) is 0.398. The second-order valence-electron chi connectivity index (χ2n) is 4.15. The van der Waals surface area contributed by atoms with E-state index < -0.39 is 0 Å². The predicted octanol–water partition coefficient (Wildman–Crippen LogP) is 2.25. The maximum Gasteiger partial charge on any atom is 0.356 e. The maximum absolute atomic E-state index is 11.6. The van der Waals surface area contributed by atoms with Gasteiger partial charge in [0, 0.05) is 13.1 Å². The second-order valence-corrected chi connectivity index (χ2v) is 4.15. The van der Waals surface area contributed by atoms with Crippen LogP contribution in [0, 0.1) is 0 Å². The van der Waals surface area contributed by atoms with Gasteiger partial charge < -0.3 is 9.64 Å². The third-order valence-electron chi connectivity index (χ3n) is 2.90. The molecule has 0 radical (unpaired) electrons. The fraction of sp³-hybridized carbons (Fsp3) is 0.538. The molecule has 1 aliphatic rings. The molecule has 1 saturated heterocycles. The number of ether oxygens (including phenoxy) is 1. The van der Waals surface area contributed by atoms with E-state index in [0.717, 1.165) is 18.9 Å². The van der Waals surface area contributed by atoms with Crippen molar-refractivity contribution in [2.45, 2.75) is 26.2 Å². The monoisotopic (exact) mass is 234 g/mol. The first-order valence-electron chi connectivity index (χ1n) is 6.20. The average molecular weight is 234 g/mol. The van der Waals surface area contributed by atoms with E-state index in [0.29, 0.717) is 12.3 Å². The van der Waals surface area contributed by atoms with Crippen LogP contribution in [0.25, 0.3) is 0 Å². The van der Waals surface area contributed by atoms with Crippen molar-refractivity contribution in [3.8, 4) is 0 Å². The van der Waals surface area contributed by atoms with Crippen molar-refractivity contribution in [1.82, 2.24) is 4.98 Å². The first-order chi connectivity index (χ1) is 8.31. The van der Waals surface area contributed by atoms with Crippen molar-refractivity contribution in [3.63, 3.8) is 0 Å². The lowest BCUT2D eigenvalue weighted by Crippen LogP contribution is -2.30. The van der Waals surface area contributed by atoms with Crippen LogP contribution < -0.4 is 4.90 Å². The minimum Gasteiger partial charge on any atom is -0.461 e. The number of piperidine rings is 1. The Hall–Kier alpha value is -1.58. The van der Waals surface area contributed by atoms with Crippen LogP contribution in [0.3, 0.4) is 0 Å². The van der Waals surface area contributed by atoms with Crippen LogP contribution >= 0.6 is 0 Å². The Bertz CT molecular complexity index is 387. The van der Waals surface area contributed by atoms with Crippen molar-refractivity contribution in [2.75, 3.05) is 24.6 Å². The highest BCUT2D eigenvalue weighted by Crippen LogP contribution is 2.17. The lowest BCUT2D eigenvalue weighted by Gasteiger charge is -2.27. The SMILES string of the molecule is CCOC(=O)c1cccc(N2CCCCC2)n1. The van der Waals surface area contributed by atoms with Crippen LogP contribution in [0.1, 0.15) is 36.7 Å². The Kier molecular flexibility index (Phi) is 3.96. The van der Waals surface area contributed by atoms with Crippen molar-refractivity contribution < 1.29 is 9.53 Å². The predicted molar refractivity (Wildman–Crippen MR) is 66.3 cm³/mol. The summed E-state index contributed by atoms with van der Waals surface area (Å²) in [6.07, 6.45) is 3.69. The molecule has 1 aliphatic heterocycles. The number of nitrogens with zero attached hydrogens (tertiary/aromatic N) is 2. The van der Waals surface area contributed by atoms with E-state index in [1.165, 1.54) is 19.3 Å². The van der Waals surface area contributed by atoms with Gasteiger partial charge in [-0.25, -0.2) is 9.78 Å². The van der Waals surface area contributed by atoms with Gasteiger partial charge in [0.25, 0.3) is 0 Å². The number of hydrogen-bond acceptors (Lipinski definition) is 4. The van der Waals surface area contributed by atoms with Crippen molar-refractivity contribution in [3.05, 3.63) is 23.9 Å². The van der Waals surface area contributed by atoms with Crippen molar-refractivity contribution in [1.29, 1.82) is 0 Å². The van der Waals surface area contributed by atoms with Gasteiger partial charge in [0.05, 0.1) is 6.61 Å². The Balaban J connectivity index is 2.12. The Morgan fingerprint density at radius 1 is 1.35 bits per heavy atom. The van der Waals surface area contributed by atoms with Gasteiger partial charge in [-0.1, -0.05) is 6.07 Å². The molecular formula is C13H18N2O2.